The fourth-order valence-corrected chi connectivity index (χ4v) is 1.62. The summed E-state index contributed by atoms with van der Waals surface area (Å²) in [5.41, 5.74) is -3.29. The molecule has 0 atom stereocenters. The second-order valence-electron chi connectivity index (χ2n) is 4.00. The van der Waals surface area contributed by atoms with Gasteiger partial charge >= 0.3 is 12.4 Å². The molecule has 21 heavy (non-hydrogen) atoms. The molecule has 1 aromatic carbocycles. The molecule has 0 fully saturated rings. The molecule has 0 radical (unpaired) electrons. The second kappa shape index (κ2) is 4.90. The first-order valence-electron chi connectivity index (χ1n) is 5.44. The maximum atomic E-state index is 12.7. The predicted molar refractivity (Wildman–Crippen MR) is 59.0 cm³/mol. The largest absolute Gasteiger partial charge is 0.455 e. The summed E-state index contributed by atoms with van der Waals surface area (Å²) in [6.45, 7) is 0. The Balaban J connectivity index is 2.59. The van der Waals surface area contributed by atoms with Crippen LogP contribution in [-0.4, -0.2) is 21.7 Å². The molecular weight excluding hydrogens is 302 g/mol. The van der Waals surface area contributed by atoms with Crippen molar-refractivity contribution in [2.75, 3.05) is 0 Å². The average Bonchev–Trinajstić information content (AvgIpc) is 2.82. The van der Waals surface area contributed by atoms with Crippen LogP contribution in [0.1, 0.15) is 16.1 Å². The number of ketones is 1. The highest BCUT2D eigenvalue weighted by molar-refractivity contribution is 6.01. The van der Waals surface area contributed by atoms with Crippen molar-refractivity contribution in [3.8, 4) is 5.69 Å². The van der Waals surface area contributed by atoms with Gasteiger partial charge in [-0.1, -0.05) is 18.2 Å². The van der Waals surface area contributed by atoms with Crippen LogP contribution in [0.2, 0.25) is 0 Å². The lowest BCUT2D eigenvalue weighted by atomic mass is 10.1. The van der Waals surface area contributed by atoms with Crippen molar-refractivity contribution in [3.63, 3.8) is 0 Å². The SMILES string of the molecule is O=C(c1cn(-c2ccccc2)nc1C(F)(F)F)C(F)(F)F. The Labute approximate surface area is 113 Å². The summed E-state index contributed by atoms with van der Waals surface area (Å²) in [4.78, 5) is 11.1. The van der Waals surface area contributed by atoms with Gasteiger partial charge in [0.1, 0.15) is 0 Å². The molecule has 112 valence electrons. The van der Waals surface area contributed by atoms with Gasteiger partial charge in [0, 0.05) is 6.20 Å². The molecule has 0 aliphatic heterocycles. The van der Waals surface area contributed by atoms with E-state index in [-0.39, 0.29) is 5.69 Å². The average molecular weight is 308 g/mol. The van der Waals surface area contributed by atoms with Crippen molar-refractivity contribution in [2.45, 2.75) is 12.4 Å². The summed E-state index contributed by atoms with van der Waals surface area (Å²) in [6, 6.07) is 7.19. The van der Waals surface area contributed by atoms with Crippen LogP contribution >= 0.6 is 0 Å². The summed E-state index contributed by atoms with van der Waals surface area (Å²) in [5, 5.41) is 3.06. The number of hydrogen-bond donors (Lipinski definition) is 0. The van der Waals surface area contributed by atoms with Crippen molar-refractivity contribution >= 4 is 5.78 Å². The van der Waals surface area contributed by atoms with Crippen molar-refractivity contribution in [2.24, 2.45) is 0 Å². The second-order valence-corrected chi connectivity index (χ2v) is 4.00. The molecule has 0 saturated heterocycles. The number of nitrogens with zero attached hydrogens (tertiary/aromatic N) is 2. The molecule has 0 spiro atoms. The molecule has 0 unspecified atom stereocenters. The third-order valence-electron chi connectivity index (χ3n) is 2.51. The van der Waals surface area contributed by atoms with Crippen molar-refractivity contribution in [1.82, 2.24) is 9.78 Å². The molecule has 0 amide bonds. The van der Waals surface area contributed by atoms with E-state index in [1.807, 2.05) is 0 Å². The Morgan fingerprint density at radius 2 is 1.57 bits per heavy atom. The summed E-state index contributed by atoms with van der Waals surface area (Å²) < 4.78 is 75.9. The fraction of sp³-hybridized carbons (Fsp3) is 0.167. The molecule has 0 bridgehead atoms. The maximum absolute atomic E-state index is 12.7. The van der Waals surface area contributed by atoms with Crippen molar-refractivity contribution in [3.05, 3.63) is 47.8 Å². The van der Waals surface area contributed by atoms with Crippen molar-refractivity contribution in [1.29, 1.82) is 0 Å². The number of aromatic nitrogens is 2. The monoisotopic (exact) mass is 308 g/mol. The Morgan fingerprint density at radius 3 is 2.05 bits per heavy atom. The van der Waals surface area contributed by atoms with Crippen LogP contribution in [0.3, 0.4) is 0 Å². The third kappa shape index (κ3) is 3.06. The Bertz CT molecular complexity index is 657. The number of rotatable bonds is 2. The molecule has 2 rings (SSSR count). The number of benzene rings is 1. The topological polar surface area (TPSA) is 34.9 Å². The highest BCUT2D eigenvalue weighted by Gasteiger charge is 2.47. The smallest absolute Gasteiger partial charge is 0.284 e. The standard InChI is InChI=1S/C12H6F6N2O/c13-11(14,15)9-8(10(21)12(16,17)18)6-20(19-9)7-4-2-1-3-5-7/h1-6H. The van der Waals surface area contributed by atoms with Crippen LogP contribution in [0.4, 0.5) is 26.3 Å². The van der Waals surface area contributed by atoms with E-state index in [9.17, 15) is 31.1 Å². The lowest BCUT2D eigenvalue weighted by molar-refractivity contribution is -0.142. The highest BCUT2D eigenvalue weighted by Crippen LogP contribution is 2.34. The van der Waals surface area contributed by atoms with Gasteiger partial charge in [-0.2, -0.15) is 31.4 Å². The van der Waals surface area contributed by atoms with Gasteiger partial charge in [-0.05, 0) is 12.1 Å². The van der Waals surface area contributed by atoms with Gasteiger partial charge in [0.2, 0.25) is 0 Å². The minimum atomic E-state index is -5.41. The van der Waals surface area contributed by atoms with E-state index in [1.165, 1.54) is 24.3 Å². The number of halogens is 6. The van der Waals surface area contributed by atoms with Crippen LogP contribution in [0, 0.1) is 0 Å². The van der Waals surface area contributed by atoms with Crippen LogP contribution in [0.25, 0.3) is 5.69 Å². The van der Waals surface area contributed by atoms with E-state index < -0.39 is 29.4 Å². The fourth-order valence-electron chi connectivity index (χ4n) is 1.62. The van der Waals surface area contributed by atoms with Crippen LogP contribution in [0.5, 0.6) is 0 Å². The molecule has 0 saturated carbocycles. The first-order valence-corrected chi connectivity index (χ1v) is 5.44. The Kier molecular flexibility index (Phi) is 3.52. The molecule has 2 aromatic rings. The number of para-hydroxylation sites is 1. The van der Waals surface area contributed by atoms with Gasteiger partial charge in [0.25, 0.3) is 5.78 Å². The highest BCUT2D eigenvalue weighted by atomic mass is 19.4. The molecule has 0 aliphatic rings. The zero-order valence-corrected chi connectivity index (χ0v) is 10.0. The van der Waals surface area contributed by atoms with Gasteiger partial charge in [-0.3, -0.25) is 4.79 Å². The Hall–Kier alpha value is -2.32. The quantitative estimate of drug-likeness (QED) is 0.627. The molecule has 9 heteroatoms. The number of carbonyl (C=O) groups excluding carboxylic acids is 1. The van der Waals surface area contributed by atoms with Gasteiger partial charge < -0.3 is 0 Å². The Morgan fingerprint density at radius 1 is 1.00 bits per heavy atom. The summed E-state index contributed by atoms with van der Waals surface area (Å²) in [7, 11) is 0. The summed E-state index contributed by atoms with van der Waals surface area (Å²) >= 11 is 0. The zero-order chi connectivity index (χ0) is 15.8. The van der Waals surface area contributed by atoms with E-state index in [2.05, 4.69) is 5.10 Å². The molecule has 0 N–H and O–H groups in total. The lowest BCUT2D eigenvalue weighted by Gasteiger charge is -2.06. The minimum Gasteiger partial charge on any atom is -0.284 e. The van der Waals surface area contributed by atoms with E-state index in [4.69, 9.17) is 0 Å². The van der Waals surface area contributed by atoms with Crippen molar-refractivity contribution < 1.29 is 31.1 Å². The molecule has 1 heterocycles. The number of hydrogen-bond acceptors (Lipinski definition) is 2. The van der Waals surface area contributed by atoms with Gasteiger partial charge in [0.15, 0.2) is 5.69 Å². The number of carbonyl (C=O) groups is 1. The van der Waals surface area contributed by atoms with Crippen LogP contribution < -0.4 is 0 Å². The molecule has 0 aliphatic carbocycles. The van der Waals surface area contributed by atoms with E-state index in [0.29, 0.717) is 10.9 Å². The summed E-state index contributed by atoms with van der Waals surface area (Å²) in [5.74, 6) is -2.59. The van der Waals surface area contributed by atoms with Gasteiger partial charge in [0.05, 0.1) is 11.3 Å². The van der Waals surface area contributed by atoms with E-state index in [0.717, 1.165) is 0 Å². The molecular formula is C12H6F6N2O. The van der Waals surface area contributed by atoms with Crippen LogP contribution in [-0.2, 0) is 6.18 Å². The minimum absolute atomic E-state index is 0.101. The van der Waals surface area contributed by atoms with Gasteiger partial charge in [-0.15, -0.1) is 0 Å². The summed E-state index contributed by atoms with van der Waals surface area (Å²) in [6.07, 6.45) is -10.2. The van der Waals surface area contributed by atoms with Gasteiger partial charge in [-0.25, -0.2) is 4.68 Å². The van der Waals surface area contributed by atoms with Crippen LogP contribution in [0.15, 0.2) is 36.5 Å². The number of alkyl halides is 6. The third-order valence-corrected chi connectivity index (χ3v) is 2.51. The first kappa shape index (κ1) is 15.1. The predicted octanol–water partition coefficient (Wildman–Crippen LogP) is 3.64. The lowest BCUT2D eigenvalue weighted by Crippen LogP contribution is -2.25. The maximum Gasteiger partial charge on any atom is 0.455 e. The van der Waals surface area contributed by atoms with E-state index >= 15 is 0 Å². The number of Topliss-reactive ketones (excluding diaryl/α,β-unsaturated/α-hetero) is 1. The molecule has 3 nitrogen and oxygen atoms in total. The normalized spacial score (nSPS) is 12.5. The first-order chi connectivity index (χ1) is 9.60. The molecule has 1 aromatic heterocycles. The van der Waals surface area contributed by atoms with E-state index in [1.54, 1.807) is 6.07 Å². The zero-order valence-electron chi connectivity index (χ0n) is 10.0.